The van der Waals surface area contributed by atoms with Crippen molar-refractivity contribution in [2.75, 3.05) is 6.54 Å². The van der Waals surface area contributed by atoms with Gasteiger partial charge in [0.25, 0.3) is 0 Å². The molecule has 3 rings (SSSR count). The second kappa shape index (κ2) is 4.93. The average molecular weight is 264 g/mol. The predicted molar refractivity (Wildman–Crippen MR) is 76.9 cm³/mol. The summed E-state index contributed by atoms with van der Waals surface area (Å²) in [5.74, 6) is 1.98. The molecule has 2 aliphatic carbocycles. The van der Waals surface area contributed by atoms with Crippen LogP contribution in [0.25, 0.3) is 0 Å². The lowest BCUT2D eigenvalue weighted by Gasteiger charge is -2.40. The normalized spacial score (nSPS) is 32.7. The van der Waals surface area contributed by atoms with Crippen molar-refractivity contribution in [2.45, 2.75) is 57.9 Å². The van der Waals surface area contributed by atoms with Crippen LogP contribution in [0.5, 0.6) is 0 Å². The van der Waals surface area contributed by atoms with Crippen molar-refractivity contribution in [1.82, 2.24) is 10.3 Å². The molecule has 0 saturated heterocycles. The highest BCUT2D eigenvalue weighted by Gasteiger charge is 2.43. The maximum atomic E-state index is 4.80. The molecule has 100 valence electrons. The number of rotatable bonds is 4. The van der Waals surface area contributed by atoms with E-state index in [0.717, 1.165) is 18.4 Å². The molecule has 2 atom stereocenters. The fourth-order valence-corrected chi connectivity index (χ4v) is 4.65. The van der Waals surface area contributed by atoms with Crippen LogP contribution in [0.3, 0.4) is 0 Å². The lowest BCUT2D eigenvalue weighted by atomic mass is 9.74. The molecule has 2 fully saturated rings. The van der Waals surface area contributed by atoms with Crippen molar-refractivity contribution in [1.29, 1.82) is 0 Å². The Morgan fingerprint density at radius 1 is 1.39 bits per heavy atom. The topological polar surface area (TPSA) is 24.9 Å². The van der Waals surface area contributed by atoms with E-state index in [1.165, 1.54) is 49.2 Å². The van der Waals surface area contributed by atoms with E-state index in [4.69, 9.17) is 4.98 Å². The van der Waals surface area contributed by atoms with Gasteiger partial charge in [-0.2, -0.15) is 0 Å². The SMILES string of the molecule is CCNC1(c2nc(C)cs2)CCCC(C2CC2)C1. The maximum Gasteiger partial charge on any atom is 0.113 e. The average Bonchev–Trinajstić information content (AvgIpc) is 3.12. The Hall–Kier alpha value is -0.410. The number of hydrogen-bond acceptors (Lipinski definition) is 3. The molecule has 1 aromatic heterocycles. The van der Waals surface area contributed by atoms with Crippen LogP contribution in [-0.2, 0) is 5.54 Å². The van der Waals surface area contributed by atoms with E-state index in [-0.39, 0.29) is 5.54 Å². The molecular weight excluding hydrogens is 240 g/mol. The first kappa shape index (κ1) is 12.6. The molecule has 2 nitrogen and oxygen atoms in total. The Kier molecular flexibility index (Phi) is 3.46. The minimum atomic E-state index is 0.194. The molecule has 0 bridgehead atoms. The van der Waals surface area contributed by atoms with Gasteiger partial charge in [-0.3, -0.25) is 0 Å². The number of nitrogens with one attached hydrogen (secondary N) is 1. The van der Waals surface area contributed by atoms with Crippen LogP contribution >= 0.6 is 11.3 Å². The zero-order valence-corrected chi connectivity index (χ0v) is 12.4. The van der Waals surface area contributed by atoms with Gasteiger partial charge in [-0.25, -0.2) is 4.98 Å². The highest BCUT2D eigenvalue weighted by molar-refractivity contribution is 7.09. The van der Waals surface area contributed by atoms with Crippen LogP contribution in [0, 0.1) is 18.8 Å². The molecule has 0 amide bonds. The summed E-state index contributed by atoms with van der Waals surface area (Å²) in [6.45, 7) is 5.39. The molecule has 2 unspecified atom stereocenters. The van der Waals surface area contributed by atoms with Crippen molar-refractivity contribution in [2.24, 2.45) is 11.8 Å². The molecular formula is C15H24N2S. The molecule has 1 heterocycles. The Labute approximate surface area is 114 Å². The monoisotopic (exact) mass is 264 g/mol. The quantitative estimate of drug-likeness (QED) is 0.893. The third kappa shape index (κ3) is 2.35. The molecule has 0 aromatic carbocycles. The molecule has 1 aromatic rings. The fourth-order valence-electron chi connectivity index (χ4n) is 3.63. The van der Waals surface area contributed by atoms with Gasteiger partial charge in [0.05, 0.1) is 5.54 Å². The van der Waals surface area contributed by atoms with Gasteiger partial charge in [0.15, 0.2) is 0 Å². The van der Waals surface area contributed by atoms with Crippen molar-refractivity contribution in [3.8, 4) is 0 Å². The van der Waals surface area contributed by atoms with E-state index in [1.54, 1.807) is 0 Å². The van der Waals surface area contributed by atoms with Gasteiger partial charge in [-0.1, -0.05) is 19.8 Å². The summed E-state index contributed by atoms with van der Waals surface area (Å²) >= 11 is 1.86. The van der Waals surface area contributed by atoms with Crippen molar-refractivity contribution in [3.05, 3.63) is 16.1 Å². The Morgan fingerprint density at radius 2 is 2.22 bits per heavy atom. The van der Waals surface area contributed by atoms with Gasteiger partial charge < -0.3 is 5.32 Å². The van der Waals surface area contributed by atoms with E-state index < -0.39 is 0 Å². The Morgan fingerprint density at radius 3 is 2.83 bits per heavy atom. The largest absolute Gasteiger partial charge is 0.306 e. The number of aryl methyl sites for hydroxylation is 1. The molecule has 18 heavy (non-hydrogen) atoms. The van der Waals surface area contributed by atoms with Crippen LogP contribution in [0.2, 0.25) is 0 Å². The zero-order valence-electron chi connectivity index (χ0n) is 11.5. The summed E-state index contributed by atoms with van der Waals surface area (Å²) < 4.78 is 0. The molecule has 2 saturated carbocycles. The van der Waals surface area contributed by atoms with Crippen LogP contribution in [0.1, 0.15) is 56.2 Å². The third-order valence-electron chi connectivity index (χ3n) is 4.62. The Bertz CT molecular complexity index is 406. The summed E-state index contributed by atoms with van der Waals surface area (Å²) in [6, 6.07) is 0. The zero-order chi connectivity index (χ0) is 12.6. The van der Waals surface area contributed by atoms with Crippen molar-refractivity contribution >= 4 is 11.3 Å². The molecule has 3 heteroatoms. The van der Waals surface area contributed by atoms with E-state index in [1.807, 2.05) is 11.3 Å². The minimum Gasteiger partial charge on any atom is -0.306 e. The van der Waals surface area contributed by atoms with Crippen LogP contribution in [0.4, 0.5) is 0 Å². The smallest absolute Gasteiger partial charge is 0.113 e. The highest BCUT2D eigenvalue weighted by atomic mass is 32.1. The van der Waals surface area contributed by atoms with E-state index in [0.29, 0.717) is 0 Å². The van der Waals surface area contributed by atoms with Gasteiger partial charge in [-0.05, 0) is 51.0 Å². The summed E-state index contributed by atoms with van der Waals surface area (Å²) in [5, 5.41) is 7.33. The molecule has 0 radical (unpaired) electrons. The molecule has 0 spiro atoms. The van der Waals surface area contributed by atoms with E-state index in [2.05, 4.69) is 24.5 Å². The van der Waals surface area contributed by atoms with Crippen molar-refractivity contribution < 1.29 is 0 Å². The number of aromatic nitrogens is 1. The first-order valence-electron chi connectivity index (χ1n) is 7.41. The predicted octanol–water partition coefficient (Wildman–Crippen LogP) is 3.86. The highest BCUT2D eigenvalue weighted by Crippen LogP contribution is 2.49. The third-order valence-corrected chi connectivity index (χ3v) is 5.79. The first-order valence-corrected chi connectivity index (χ1v) is 8.29. The lowest BCUT2D eigenvalue weighted by molar-refractivity contribution is 0.166. The van der Waals surface area contributed by atoms with Gasteiger partial charge in [-0.15, -0.1) is 11.3 Å². The lowest BCUT2D eigenvalue weighted by Crippen LogP contribution is -2.46. The molecule has 2 aliphatic rings. The standard InChI is InChI=1S/C15H24N2S/c1-3-16-15(14-17-11(2)10-18-14)8-4-5-13(9-15)12-6-7-12/h10,12-13,16H,3-9H2,1-2H3. The summed E-state index contributed by atoms with van der Waals surface area (Å²) in [4.78, 5) is 4.80. The van der Waals surface area contributed by atoms with Gasteiger partial charge in [0, 0.05) is 11.1 Å². The first-order chi connectivity index (χ1) is 8.73. The van der Waals surface area contributed by atoms with E-state index in [9.17, 15) is 0 Å². The Balaban J connectivity index is 1.85. The number of hydrogen-bond donors (Lipinski definition) is 1. The fraction of sp³-hybridized carbons (Fsp3) is 0.800. The van der Waals surface area contributed by atoms with Crippen LogP contribution in [0.15, 0.2) is 5.38 Å². The minimum absolute atomic E-state index is 0.194. The van der Waals surface area contributed by atoms with Crippen molar-refractivity contribution in [3.63, 3.8) is 0 Å². The summed E-state index contributed by atoms with van der Waals surface area (Å²) in [5.41, 5.74) is 1.37. The van der Waals surface area contributed by atoms with E-state index >= 15 is 0 Å². The van der Waals surface area contributed by atoms with Gasteiger partial charge >= 0.3 is 0 Å². The number of thiazole rings is 1. The van der Waals surface area contributed by atoms with Crippen LogP contribution in [-0.4, -0.2) is 11.5 Å². The second-order valence-corrected chi connectivity index (χ2v) is 6.96. The molecule has 1 N–H and O–H groups in total. The van der Waals surface area contributed by atoms with Gasteiger partial charge in [0.2, 0.25) is 0 Å². The van der Waals surface area contributed by atoms with Crippen LogP contribution < -0.4 is 5.32 Å². The molecule has 0 aliphatic heterocycles. The number of nitrogens with zero attached hydrogens (tertiary/aromatic N) is 1. The maximum absolute atomic E-state index is 4.80. The summed E-state index contributed by atoms with van der Waals surface area (Å²) in [6.07, 6.45) is 8.36. The second-order valence-electron chi connectivity index (χ2n) is 6.10. The summed E-state index contributed by atoms with van der Waals surface area (Å²) in [7, 11) is 0. The van der Waals surface area contributed by atoms with Gasteiger partial charge in [0.1, 0.15) is 5.01 Å².